The van der Waals surface area contributed by atoms with Gasteiger partial charge in [-0.1, -0.05) is 110 Å². The Morgan fingerprint density at radius 2 is 1.40 bits per heavy atom. The van der Waals surface area contributed by atoms with E-state index in [1.807, 2.05) is 11.3 Å². The second-order valence-corrected chi connectivity index (χ2v) is 20.2. The number of hydrogen-bond donors (Lipinski definition) is 0. The maximum Gasteiger partial charge on any atom is 0.252 e. The second kappa shape index (κ2) is 10.3. The molecule has 1 saturated carbocycles. The quantitative estimate of drug-likeness (QED) is 0.158. The van der Waals surface area contributed by atoms with Crippen molar-refractivity contribution in [3.8, 4) is 0 Å². The van der Waals surface area contributed by atoms with E-state index in [1.165, 1.54) is 113 Å². The van der Waals surface area contributed by atoms with Crippen LogP contribution < -0.4 is 26.2 Å². The zero-order valence-electron chi connectivity index (χ0n) is 32.7. The Morgan fingerprint density at radius 3 is 2.15 bits per heavy atom. The van der Waals surface area contributed by atoms with Crippen LogP contribution in [-0.2, 0) is 16.2 Å². The van der Waals surface area contributed by atoms with Gasteiger partial charge in [0, 0.05) is 48.3 Å². The molecule has 0 saturated heterocycles. The minimum absolute atomic E-state index is 0.00820. The van der Waals surface area contributed by atoms with E-state index >= 15 is 0 Å². The first-order chi connectivity index (χ1) is 24.6. The summed E-state index contributed by atoms with van der Waals surface area (Å²) in [5.74, 6) is 0. The highest BCUT2D eigenvalue weighted by molar-refractivity contribution is 7.26. The number of fused-ring (bicyclic) bond motifs is 11. The maximum atomic E-state index is 2.88. The summed E-state index contributed by atoms with van der Waals surface area (Å²) in [6, 6.07) is 31.6. The molecule has 262 valence electrons. The fourth-order valence-corrected chi connectivity index (χ4v) is 11.9. The number of hydrogen-bond acceptors (Lipinski definition) is 3. The molecule has 0 spiro atoms. The summed E-state index contributed by atoms with van der Waals surface area (Å²) >= 11 is 1.93. The smallest absolute Gasteiger partial charge is 0.252 e. The molecular formula is C48H51BN2S. The summed E-state index contributed by atoms with van der Waals surface area (Å²) in [5.41, 5.74) is 18.7. The summed E-state index contributed by atoms with van der Waals surface area (Å²) in [6.45, 7) is 24.2. The molecule has 0 radical (unpaired) electrons. The van der Waals surface area contributed by atoms with Gasteiger partial charge in [-0.3, -0.25) is 0 Å². The van der Waals surface area contributed by atoms with E-state index in [-0.39, 0.29) is 28.5 Å². The molecule has 1 aromatic heterocycles. The highest BCUT2D eigenvalue weighted by Gasteiger charge is 2.61. The van der Waals surface area contributed by atoms with Crippen molar-refractivity contribution in [1.29, 1.82) is 0 Å². The fraction of sp³-hybridized carbons (Fsp3) is 0.375. The van der Waals surface area contributed by atoms with Crippen LogP contribution in [0, 0.1) is 13.8 Å². The van der Waals surface area contributed by atoms with Crippen molar-refractivity contribution < 1.29 is 0 Å². The topological polar surface area (TPSA) is 6.48 Å². The van der Waals surface area contributed by atoms with Gasteiger partial charge in [-0.25, -0.2) is 0 Å². The van der Waals surface area contributed by atoms with E-state index in [4.69, 9.17) is 0 Å². The van der Waals surface area contributed by atoms with Crippen LogP contribution in [0.15, 0.2) is 78.9 Å². The average Bonchev–Trinajstić information content (AvgIpc) is 3.56. The molecule has 1 fully saturated rings. The van der Waals surface area contributed by atoms with Gasteiger partial charge in [0.1, 0.15) is 0 Å². The van der Waals surface area contributed by atoms with Crippen molar-refractivity contribution >= 4 is 83.0 Å². The van der Waals surface area contributed by atoms with Crippen LogP contribution in [0.5, 0.6) is 0 Å². The van der Waals surface area contributed by atoms with E-state index in [1.54, 1.807) is 5.56 Å². The zero-order valence-corrected chi connectivity index (χ0v) is 33.5. The van der Waals surface area contributed by atoms with Crippen LogP contribution >= 0.6 is 11.3 Å². The monoisotopic (exact) mass is 698 g/mol. The fourth-order valence-electron chi connectivity index (χ4n) is 10.8. The summed E-state index contributed by atoms with van der Waals surface area (Å²) < 4.78 is 2.72. The maximum absolute atomic E-state index is 2.88. The number of rotatable bonds is 1. The van der Waals surface area contributed by atoms with Crippen molar-refractivity contribution in [3.05, 3.63) is 107 Å². The first-order valence-electron chi connectivity index (χ1n) is 19.6. The predicted molar refractivity (Wildman–Crippen MR) is 228 cm³/mol. The van der Waals surface area contributed by atoms with Crippen molar-refractivity contribution in [1.82, 2.24) is 0 Å². The Balaban J connectivity index is 1.38. The minimum atomic E-state index is 0.00820. The Labute approximate surface area is 314 Å². The standard InChI is InChI=1S/C48H51BN2S/c1-28-23-37-42-38(24-28)51-43-33(47(9)21-13-14-22-48(47,51)10)26-31(46(6,7)8)27-35(43)49(42)34-18-20-40-41(32-15-11-12-16-39(32)52-40)44(34)50(37)36-19-17-30(25-29(36)2)45(3,4)5/h11-12,15-20,23-27H,13-14,21-22H2,1-10H3. The minimum Gasteiger partial charge on any atom is -0.335 e. The summed E-state index contributed by atoms with van der Waals surface area (Å²) in [4.78, 5) is 5.57. The van der Waals surface area contributed by atoms with Crippen LogP contribution in [0.4, 0.5) is 28.4 Å². The molecule has 2 nitrogen and oxygen atoms in total. The Kier molecular flexibility index (Phi) is 6.49. The van der Waals surface area contributed by atoms with Crippen LogP contribution in [-0.4, -0.2) is 12.3 Å². The summed E-state index contributed by atoms with van der Waals surface area (Å²) in [5, 5.41) is 2.76. The van der Waals surface area contributed by atoms with E-state index in [2.05, 4.69) is 158 Å². The third-order valence-electron chi connectivity index (χ3n) is 13.8. The summed E-state index contributed by atoms with van der Waals surface area (Å²) in [6.07, 6.45) is 5.04. The first kappa shape index (κ1) is 32.6. The molecule has 0 amide bonds. The van der Waals surface area contributed by atoms with Crippen LogP contribution in [0.25, 0.3) is 20.2 Å². The highest BCUT2D eigenvalue weighted by Crippen LogP contribution is 2.62. The zero-order chi connectivity index (χ0) is 36.3. The SMILES string of the molecule is Cc1cc2c3c(c1)N1c4c(cc(C(C)(C)C)cc4C4(C)CCCCC14C)B3c1ccc3sc4ccccc4c3c1N2c1ccc(C(C)(C)C)cc1C. The van der Waals surface area contributed by atoms with Gasteiger partial charge in [0.05, 0.1) is 11.2 Å². The van der Waals surface area contributed by atoms with Crippen molar-refractivity contribution in [2.24, 2.45) is 0 Å². The normalized spacial score (nSPS) is 21.8. The molecular weight excluding hydrogens is 647 g/mol. The van der Waals surface area contributed by atoms with E-state index in [0.29, 0.717) is 0 Å². The lowest BCUT2D eigenvalue weighted by molar-refractivity contribution is 0.195. The van der Waals surface area contributed by atoms with Gasteiger partial charge in [-0.05, 0) is 119 Å². The third kappa shape index (κ3) is 4.08. The van der Waals surface area contributed by atoms with Crippen molar-refractivity contribution in [3.63, 3.8) is 0 Å². The van der Waals surface area contributed by atoms with Crippen molar-refractivity contribution in [2.45, 2.75) is 117 Å². The lowest BCUT2D eigenvalue weighted by Gasteiger charge is -2.53. The molecule has 3 aliphatic heterocycles. The number of nitrogens with zero attached hydrogens (tertiary/aromatic N) is 2. The van der Waals surface area contributed by atoms with Crippen molar-refractivity contribution in [2.75, 3.05) is 9.80 Å². The lowest BCUT2D eigenvalue weighted by Crippen LogP contribution is -2.64. The molecule has 0 N–H and O–H groups in total. The van der Waals surface area contributed by atoms with E-state index in [0.717, 1.165) is 0 Å². The Morgan fingerprint density at radius 1 is 0.673 bits per heavy atom. The lowest BCUT2D eigenvalue weighted by atomic mass is 9.33. The van der Waals surface area contributed by atoms with Gasteiger partial charge in [0.25, 0.3) is 6.71 Å². The molecule has 6 aromatic rings. The molecule has 52 heavy (non-hydrogen) atoms. The van der Waals surface area contributed by atoms with E-state index < -0.39 is 0 Å². The van der Waals surface area contributed by atoms with Gasteiger partial charge in [-0.2, -0.15) is 0 Å². The predicted octanol–water partition coefficient (Wildman–Crippen LogP) is 11.6. The van der Waals surface area contributed by atoms with Crippen LogP contribution in [0.2, 0.25) is 0 Å². The van der Waals surface area contributed by atoms with Gasteiger partial charge < -0.3 is 9.80 Å². The highest BCUT2D eigenvalue weighted by atomic mass is 32.1. The van der Waals surface area contributed by atoms with Gasteiger partial charge in [0.2, 0.25) is 0 Å². The molecule has 10 rings (SSSR count). The summed E-state index contributed by atoms with van der Waals surface area (Å²) in [7, 11) is 0. The number of benzene rings is 5. The largest absolute Gasteiger partial charge is 0.335 e. The van der Waals surface area contributed by atoms with Gasteiger partial charge >= 0.3 is 0 Å². The number of anilines is 5. The first-order valence-corrected chi connectivity index (χ1v) is 20.4. The molecule has 2 atom stereocenters. The number of thiophene rings is 1. The molecule has 2 unspecified atom stereocenters. The van der Waals surface area contributed by atoms with Gasteiger partial charge in [0.15, 0.2) is 0 Å². The van der Waals surface area contributed by atoms with Crippen LogP contribution in [0.3, 0.4) is 0 Å². The van der Waals surface area contributed by atoms with E-state index in [9.17, 15) is 0 Å². The molecule has 1 aliphatic carbocycles. The molecule has 5 aromatic carbocycles. The molecule has 4 aliphatic rings. The molecule has 0 bridgehead atoms. The molecule has 4 heteroatoms. The third-order valence-corrected chi connectivity index (χ3v) is 15.0. The van der Waals surface area contributed by atoms with Crippen LogP contribution in [0.1, 0.15) is 109 Å². The average molecular weight is 699 g/mol. The Hall–Kier alpha value is -4.02. The Bertz CT molecular complexity index is 2530. The second-order valence-electron chi connectivity index (χ2n) is 19.1. The molecule has 4 heterocycles. The number of aryl methyl sites for hydroxylation is 2. The van der Waals surface area contributed by atoms with Gasteiger partial charge in [-0.15, -0.1) is 11.3 Å².